The number of amides is 2. The molecule has 0 saturated carbocycles. The lowest BCUT2D eigenvalue weighted by Crippen LogP contribution is -2.54. The van der Waals surface area contributed by atoms with Crippen molar-refractivity contribution in [1.29, 1.82) is 5.26 Å². The number of fused-ring (bicyclic) bond motifs is 1. The van der Waals surface area contributed by atoms with Gasteiger partial charge in [-0.15, -0.1) is 0 Å². The first-order valence-corrected chi connectivity index (χ1v) is 11.6. The molecule has 0 saturated heterocycles. The first kappa shape index (κ1) is 23.3. The Morgan fingerprint density at radius 1 is 1.15 bits per heavy atom. The fourth-order valence-electron chi connectivity index (χ4n) is 4.33. The van der Waals surface area contributed by atoms with Crippen molar-refractivity contribution >= 4 is 57.1 Å². The number of halogens is 3. The second kappa shape index (κ2) is 9.18. The summed E-state index contributed by atoms with van der Waals surface area (Å²) in [6.07, 6.45) is 0.955. The van der Waals surface area contributed by atoms with Gasteiger partial charge in [0.05, 0.1) is 11.6 Å². The number of likely N-dealkylation sites (N-methyl/N-ethyl adjacent to an activating group) is 1. The van der Waals surface area contributed by atoms with Crippen LogP contribution >= 0.6 is 39.1 Å². The summed E-state index contributed by atoms with van der Waals surface area (Å²) in [5.41, 5.74) is 2.03. The Morgan fingerprint density at radius 2 is 1.82 bits per heavy atom. The predicted molar refractivity (Wildman–Crippen MR) is 132 cm³/mol. The standard InChI is InChI=1S/C25H18BrCl2N3O2/c1-30(22-10-20(27)9-21(28)11-22)24(33)25(12-16-2-5-19(26)6-3-16)23-7-4-17(13-29)8-18(23)14-31(25)15-32/h2-11,15H,12,14H2,1H3/t25-/m0/s1. The van der Waals surface area contributed by atoms with Gasteiger partial charge in [-0.3, -0.25) is 9.59 Å². The van der Waals surface area contributed by atoms with Gasteiger partial charge in [0.2, 0.25) is 6.41 Å². The van der Waals surface area contributed by atoms with Gasteiger partial charge in [0.15, 0.2) is 5.54 Å². The number of nitrogens with zero attached hydrogens (tertiary/aromatic N) is 3. The number of benzene rings is 3. The van der Waals surface area contributed by atoms with Crippen LogP contribution in [0.2, 0.25) is 10.0 Å². The Hall–Kier alpha value is -2.85. The Balaban J connectivity index is 1.90. The molecule has 0 aliphatic carbocycles. The molecule has 0 unspecified atom stereocenters. The van der Waals surface area contributed by atoms with Gasteiger partial charge in [-0.05, 0) is 59.2 Å². The van der Waals surface area contributed by atoms with Crippen LogP contribution < -0.4 is 4.90 Å². The molecular formula is C25H18BrCl2N3O2. The molecule has 1 aliphatic rings. The van der Waals surface area contributed by atoms with E-state index in [9.17, 15) is 14.9 Å². The van der Waals surface area contributed by atoms with Gasteiger partial charge in [-0.25, -0.2) is 0 Å². The topological polar surface area (TPSA) is 64.4 Å². The zero-order valence-corrected chi connectivity index (χ0v) is 20.7. The Labute approximate surface area is 210 Å². The van der Waals surface area contributed by atoms with Crippen LogP contribution in [0.15, 0.2) is 65.1 Å². The number of carbonyl (C=O) groups is 2. The number of rotatable bonds is 5. The molecule has 8 heteroatoms. The van der Waals surface area contributed by atoms with Gasteiger partial charge in [0.1, 0.15) is 0 Å². The van der Waals surface area contributed by atoms with Crippen LogP contribution in [0.3, 0.4) is 0 Å². The van der Waals surface area contributed by atoms with Crippen LogP contribution in [0, 0.1) is 11.3 Å². The summed E-state index contributed by atoms with van der Waals surface area (Å²) in [4.78, 5) is 29.5. The lowest BCUT2D eigenvalue weighted by Gasteiger charge is -2.39. The molecule has 5 nitrogen and oxygen atoms in total. The van der Waals surface area contributed by atoms with Gasteiger partial charge < -0.3 is 9.80 Å². The summed E-state index contributed by atoms with van der Waals surface area (Å²) < 4.78 is 0.912. The molecule has 0 radical (unpaired) electrons. The molecule has 0 N–H and O–H groups in total. The highest BCUT2D eigenvalue weighted by Crippen LogP contribution is 2.43. The van der Waals surface area contributed by atoms with Crippen molar-refractivity contribution in [3.05, 3.63) is 97.4 Å². The Kier molecular flexibility index (Phi) is 6.49. The number of carbonyl (C=O) groups excluding carboxylic acids is 2. The summed E-state index contributed by atoms with van der Waals surface area (Å²) in [5.74, 6) is -0.306. The van der Waals surface area contributed by atoms with E-state index in [1.807, 2.05) is 24.3 Å². The Morgan fingerprint density at radius 3 is 2.42 bits per heavy atom. The summed E-state index contributed by atoms with van der Waals surface area (Å²) in [6.45, 7) is 0.223. The highest BCUT2D eigenvalue weighted by molar-refractivity contribution is 9.10. The molecule has 2 amide bonds. The molecule has 166 valence electrons. The van der Waals surface area contributed by atoms with E-state index in [-0.39, 0.29) is 18.9 Å². The summed E-state index contributed by atoms with van der Waals surface area (Å²) in [5, 5.41) is 10.1. The van der Waals surface area contributed by atoms with Gasteiger partial charge in [-0.1, -0.05) is 57.3 Å². The fraction of sp³-hybridized carbons (Fsp3) is 0.160. The van der Waals surface area contributed by atoms with E-state index in [2.05, 4.69) is 22.0 Å². The normalized spacial score (nSPS) is 16.8. The lowest BCUT2D eigenvalue weighted by molar-refractivity contribution is -0.138. The quantitative estimate of drug-likeness (QED) is 0.388. The molecule has 0 aromatic heterocycles. The van der Waals surface area contributed by atoms with Crippen molar-refractivity contribution in [2.45, 2.75) is 18.5 Å². The van der Waals surface area contributed by atoms with Crippen molar-refractivity contribution in [2.75, 3.05) is 11.9 Å². The number of hydrogen-bond donors (Lipinski definition) is 0. The van der Waals surface area contributed by atoms with E-state index in [1.54, 1.807) is 43.4 Å². The first-order chi connectivity index (χ1) is 15.8. The first-order valence-electron chi connectivity index (χ1n) is 10.0. The minimum atomic E-state index is -1.30. The Bertz CT molecular complexity index is 1270. The van der Waals surface area contributed by atoms with Gasteiger partial charge in [0.25, 0.3) is 5.91 Å². The molecule has 33 heavy (non-hydrogen) atoms. The van der Waals surface area contributed by atoms with Crippen molar-refractivity contribution in [3.63, 3.8) is 0 Å². The predicted octanol–water partition coefficient (Wildman–Crippen LogP) is 5.70. The summed E-state index contributed by atoms with van der Waals surface area (Å²) in [6, 6.07) is 19.8. The monoisotopic (exact) mass is 541 g/mol. The SMILES string of the molecule is CN(C(=O)[C@]1(Cc2ccc(Br)cc2)c2ccc(C#N)cc2CN1C=O)c1cc(Cl)cc(Cl)c1. The fourth-order valence-corrected chi connectivity index (χ4v) is 5.11. The van der Waals surface area contributed by atoms with E-state index in [0.717, 1.165) is 15.6 Å². The van der Waals surface area contributed by atoms with Crippen LogP contribution in [0.1, 0.15) is 22.3 Å². The van der Waals surface area contributed by atoms with Crippen LogP contribution in [0.4, 0.5) is 5.69 Å². The average molecular weight is 543 g/mol. The molecular weight excluding hydrogens is 525 g/mol. The van der Waals surface area contributed by atoms with E-state index in [4.69, 9.17) is 23.2 Å². The molecule has 4 rings (SSSR count). The molecule has 1 atom stereocenters. The third kappa shape index (κ3) is 4.24. The molecule has 1 aliphatic heterocycles. The molecule has 1 heterocycles. The lowest BCUT2D eigenvalue weighted by atomic mass is 9.82. The van der Waals surface area contributed by atoms with Crippen LogP contribution in [0.5, 0.6) is 0 Å². The largest absolute Gasteiger partial charge is 0.322 e. The summed E-state index contributed by atoms with van der Waals surface area (Å²) in [7, 11) is 1.64. The van der Waals surface area contributed by atoms with Crippen LogP contribution in [-0.2, 0) is 28.1 Å². The highest BCUT2D eigenvalue weighted by atomic mass is 79.9. The van der Waals surface area contributed by atoms with E-state index in [0.29, 0.717) is 33.3 Å². The second-order valence-corrected chi connectivity index (χ2v) is 9.66. The molecule has 0 bridgehead atoms. The van der Waals surface area contributed by atoms with Crippen molar-refractivity contribution in [3.8, 4) is 6.07 Å². The highest BCUT2D eigenvalue weighted by Gasteiger charge is 2.52. The maximum Gasteiger partial charge on any atom is 0.257 e. The van der Waals surface area contributed by atoms with E-state index in [1.165, 1.54) is 9.80 Å². The maximum absolute atomic E-state index is 14.2. The maximum atomic E-state index is 14.2. The van der Waals surface area contributed by atoms with E-state index >= 15 is 0 Å². The van der Waals surface area contributed by atoms with Gasteiger partial charge in [-0.2, -0.15) is 5.26 Å². The smallest absolute Gasteiger partial charge is 0.257 e. The van der Waals surface area contributed by atoms with Crippen LogP contribution in [-0.4, -0.2) is 24.3 Å². The zero-order chi connectivity index (χ0) is 23.8. The summed E-state index contributed by atoms with van der Waals surface area (Å²) >= 11 is 15.8. The number of anilines is 1. The van der Waals surface area contributed by atoms with Crippen molar-refractivity contribution in [1.82, 2.24) is 4.90 Å². The van der Waals surface area contributed by atoms with Crippen molar-refractivity contribution < 1.29 is 9.59 Å². The second-order valence-electron chi connectivity index (χ2n) is 7.87. The molecule has 0 spiro atoms. The minimum absolute atomic E-state index is 0.223. The minimum Gasteiger partial charge on any atom is -0.322 e. The third-order valence-corrected chi connectivity index (χ3v) is 6.87. The van der Waals surface area contributed by atoms with Gasteiger partial charge >= 0.3 is 0 Å². The van der Waals surface area contributed by atoms with Crippen LogP contribution in [0.25, 0.3) is 0 Å². The molecule has 3 aromatic carbocycles. The molecule has 0 fully saturated rings. The van der Waals surface area contributed by atoms with E-state index < -0.39 is 5.54 Å². The van der Waals surface area contributed by atoms with Gasteiger partial charge in [0, 0.05) is 40.2 Å². The zero-order valence-electron chi connectivity index (χ0n) is 17.6. The number of nitriles is 1. The van der Waals surface area contributed by atoms with Crippen molar-refractivity contribution in [2.24, 2.45) is 0 Å². The third-order valence-electron chi connectivity index (χ3n) is 5.90. The number of hydrogen-bond acceptors (Lipinski definition) is 3. The molecule has 3 aromatic rings. The average Bonchev–Trinajstić information content (AvgIpc) is 3.12.